The van der Waals surface area contributed by atoms with E-state index >= 15 is 0 Å². The summed E-state index contributed by atoms with van der Waals surface area (Å²) in [6.07, 6.45) is -0.647. The summed E-state index contributed by atoms with van der Waals surface area (Å²) < 4.78 is 10.6. The maximum absolute atomic E-state index is 12.3. The summed E-state index contributed by atoms with van der Waals surface area (Å²) in [5, 5.41) is 2.83. The summed E-state index contributed by atoms with van der Waals surface area (Å²) in [6, 6.07) is 12.6. The van der Waals surface area contributed by atoms with E-state index in [9.17, 15) is 9.59 Å². The van der Waals surface area contributed by atoms with Gasteiger partial charge in [-0.05, 0) is 69.2 Å². The van der Waals surface area contributed by atoms with Crippen LogP contribution in [0, 0.1) is 13.8 Å². The minimum Gasteiger partial charge on any atom is -0.481 e. The molecule has 0 saturated carbocycles. The third-order valence-corrected chi connectivity index (χ3v) is 3.67. The number of hydrogen-bond acceptors (Lipinski definition) is 4. The predicted molar refractivity (Wildman–Crippen MR) is 97.0 cm³/mol. The Morgan fingerprint density at radius 1 is 1.12 bits per heavy atom. The van der Waals surface area contributed by atoms with Crippen LogP contribution in [0.15, 0.2) is 42.5 Å². The minimum atomic E-state index is -0.647. The lowest BCUT2D eigenvalue weighted by Gasteiger charge is -2.16. The fourth-order valence-electron chi connectivity index (χ4n) is 2.33. The number of rotatable bonds is 6. The first-order valence-electron chi connectivity index (χ1n) is 8.22. The molecular weight excluding hydrogens is 318 g/mol. The number of benzene rings is 2. The van der Waals surface area contributed by atoms with Gasteiger partial charge in [0.05, 0.1) is 12.2 Å². The van der Waals surface area contributed by atoms with Gasteiger partial charge in [0.25, 0.3) is 5.91 Å². The lowest BCUT2D eigenvalue weighted by Crippen LogP contribution is -2.30. The largest absolute Gasteiger partial charge is 0.481 e. The van der Waals surface area contributed by atoms with Gasteiger partial charge >= 0.3 is 5.97 Å². The molecule has 0 saturated heterocycles. The van der Waals surface area contributed by atoms with E-state index in [1.54, 1.807) is 32.0 Å². The fourth-order valence-corrected chi connectivity index (χ4v) is 2.33. The molecule has 2 aromatic carbocycles. The van der Waals surface area contributed by atoms with Gasteiger partial charge in [-0.3, -0.25) is 4.79 Å². The predicted octanol–water partition coefficient (Wildman–Crippen LogP) is 3.89. The van der Waals surface area contributed by atoms with Crippen LogP contribution in [0.4, 0.5) is 5.69 Å². The smallest absolute Gasteiger partial charge is 0.338 e. The van der Waals surface area contributed by atoms with Crippen molar-refractivity contribution < 1.29 is 19.1 Å². The van der Waals surface area contributed by atoms with Gasteiger partial charge in [-0.2, -0.15) is 0 Å². The summed E-state index contributed by atoms with van der Waals surface area (Å²) in [5.41, 5.74) is 2.94. The number of hydrogen-bond donors (Lipinski definition) is 1. The zero-order valence-electron chi connectivity index (χ0n) is 15.0. The molecule has 1 amide bonds. The van der Waals surface area contributed by atoms with Gasteiger partial charge in [0.2, 0.25) is 0 Å². The molecule has 0 unspecified atom stereocenters. The molecule has 1 atom stereocenters. The number of aryl methyl sites for hydroxylation is 2. The van der Waals surface area contributed by atoms with Crippen LogP contribution >= 0.6 is 0 Å². The summed E-state index contributed by atoms with van der Waals surface area (Å²) in [4.78, 5) is 24.1. The van der Waals surface area contributed by atoms with Crippen LogP contribution in [0.1, 0.15) is 35.3 Å². The van der Waals surface area contributed by atoms with Gasteiger partial charge in [0.15, 0.2) is 6.10 Å². The molecule has 2 rings (SSSR count). The highest BCUT2D eigenvalue weighted by Crippen LogP contribution is 2.19. The van der Waals surface area contributed by atoms with Crippen LogP contribution in [-0.4, -0.2) is 24.6 Å². The van der Waals surface area contributed by atoms with Gasteiger partial charge in [0, 0.05) is 5.69 Å². The first kappa shape index (κ1) is 18.5. The molecule has 0 spiro atoms. The maximum atomic E-state index is 12.3. The van der Waals surface area contributed by atoms with Crippen molar-refractivity contribution in [3.8, 4) is 5.75 Å². The molecule has 132 valence electrons. The van der Waals surface area contributed by atoms with Gasteiger partial charge in [-0.25, -0.2) is 4.79 Å². The zero-order chi connectivity index (χ0) is 18.4. The standard InChI is InChI=1S/C20H23NO4/c1-5-24-20(23)16-9-10-18(14(3)12-16)21-19(22)15(4)25-17-8-6-7-13(2)11-17/h6-12,15H,5H2,1-4H3,(H,21,22)/t15-/m1/s1. The van der Waals surface area contributed by atoms with Crippen LogP contribution in [0.3, 0.4) is 0 Å². The Morgan fingerprint density at radius 3 is 2.52 bits per heavy atom. The zero-order valence-corrected chi connectivity index (χ0v) is 15.0. The Bertz CT molecular complexity index is 770. The van der Waals surface area contributed by atoms with Crippen molar-refractivity contribution in [3.05, 3.63) is 59.2 Å². The Morgan fingerprint density at radius 2 is 1.88 bits per heavy atom. The van der Waals surface area contributed by atoms with E-state index < -0.39 is 6.10 Å². The molecule has 5 heteroatoms. The Balaban J connectivity index is 2.03. The van der Waals surface area contributed by atoms with Crippen molar-refractivity contribution >= 4 is 17.6 Å². The Hall–Kier alpha value is -2.82. The van der Waals surface area contributed by atoms with E-state index in [1.165, 1.54) is 0 Å². The summed E-state index contributed by atoms with van der Waals surface area (Å²) in [6.45, 7) is 7.57. The van der Waals surface area contributed by atoms with Crippen LogP contribution in [-0.2, 0) is 9.53 Å². The maximum Gasteiger partial charge on any atom is 0.338 e. The van der Waals surface area contributed by atoms with Crippen molar-refractivity contribution in [2.24, 2.45) is 0 Å². The fraction of sp³-hybridized carbons (Fsp3) is 0.300. The SMILES string of the molecule is CCOC(=O)c1ccc(NC(=O)[C@@H](C)Oc2cccc(C)c2)c(C)c1. The second-order valence-corrected chi connectivity index (χ2v) is 5.82. The number of esters is 1. The number of carbonyl (C=O) groups excluding carboxylic acids is 2. The third-order valence-electron chi connectivity index (χ3n) is 3.67. The summed E-state index contributed by atoms with van der Waals surface area (Å²) >= 11 is 0. The van der Waals surface area contributed by atoms with Crippen LogP contribution in [0.2, 0.25) is 0 Å². The van der Waals surface area contributed by atoms with Crippen molar-refractivity contribution in [1.82, 2.24) is 0 Å². The number of nitrogens with one attached hydrogen (secondary N) is 1. The number of amides is 1. The molecule has 0 aliphatic carbocycles. The molecular formula is C20H23NO4. The summed E-state index contributed by atoms with van der Waals surface area (Å²) in [5.74, 6) is 0.0187. The van der Waals surface area contributed by atoms with E-state index in [0.717, 1.165) is 11.1 Å². The molecule has 25 heavy (non-hydrogen) atoms. The van der Waals surface area contributed by atoms with E-state index in [1.807, 2.05) is 38.1 Å². The van der Waals surface area contributed by atoms with Crippen molar-refractivity contribution in [3.63, 3.8) is 0 Å². The summed E-state index contributed by atoms with van der Waals surface area (Å²) in [7, 11) is 0. The van der Waals surface area contributed by atoms with Crippen molar-refractivity contribution in [1.29, 1.82) is 0 Å². The molecule has 0 aliphatic heterocycles. The minimum absolute atomic E-state index is 0.256. The second kappa shape index (κ2) is 8.33. The molecule has 1 N–H and O–H groups in total. The van der Waals surface area contributed by atoms with E-state index in [0.29, 0.717) is 23.6 Å². The highest BCUT2D eigenvalue weighted by molar-refractivity contribution is 5.96. The lowest BCUT2D eigenvalue weighted by atomic mass is 10.1. The molecule has 5 nitrogen and oxygen atoms in total. The monoisotopic (exact) mass is 341 g/mol. The molecule has 0 aromatic heterocycles. The van der Waals surface area contributed by atoms with Gasteiger partial charge < -0.3 is 14.8 Å². The first-order chi connectivity index (χ1) is 11.9. The molecule has 2 aromatic rings. The van der Waals surface area contributed by atoms with E-state index in [-0.39, 0.29) is 11.9 Å². The molecule has 0 bridgehead atoms. The second-order valence-electron chi connectivity index (χ2n) is 5.82. The quantitative estimate of drug-likeness (QED) is 0.810. The number of ether oxygens (including phenoxy) is 2. The molecule has 0 heterocycles. The van der Waals surface area contributed by atoms with Crippen LogP contribution < -0.4 is 10.1 Å². The van der Waals surface area contributed by atoms with Crippen molar-refractivity contribution in [2.75, 3.05) is 11.9 Å². The molecule has 0 aliphatic rings. The van der Waals surface area contributed by atoms with Crippen LogP contribution in [0.5, 0.6) is 5.75 Å². The lowest BCUT2D eigenvalue weighted by molar-refractivity contribution is -0.122. The van der Waals surface area contributed by atoms with Gasteiger partial charge in [0.1, 0.15) is 5.75 Å². The molecule has 0 fully saturated rings. The Kier molecular flexibility index (Phi) is 6.17. The van der Waals surface area contributed by atoms with Gasteiger partial charge in [-0.15, -0.1) is 0 Å². The molecule has 0 radical (unpaired) electrons. The normalized spacial score (nSPS) is 11.5. The number of anilines is 1. The first-order valence-corrected chi connectivity index (χ1v) is 8.22. The highest BCUT2D eigenvalue weighted by Gasteiger charge is 2.16. The third kappa shape index (κ3) is 5.08. The average molecular weight is 341 g/mol. The van der Waals surface area contributed by atoms with E-state index in [2.05, 4.69) is 5.32 Å². The van der Waals surface area contributed by atoms with E-state index in [4.69, 9.17) is 9.47 Å². The van der Waals surface area contributed by atoms with Crippen LogP contribution in [0.25, 0.3) is 0 Å². The average Bonchev–Trinajstić information content (AvgIpc) is 2.56. The van der Waals surface area contributed by atoms with Gasteiger partial charge in [-0.1, -0.05) is 12.1 Å². The highest BCUT2D eigenvalue weighted by atomic mass is 16.5. The van der Waals surface area contributed by atoms with Crippen molar-refractivity contribution in [2.45, 2.75) is 33.8 Å². The Labute approximate surface area is 148 Å². The number of carbonyl (C=O) groups is 2. The topological polar surface area (TPSA) is 64.6 Å².